The van der Waals surface area contributed by atoms with Crippen molar-refractivity contribution < 1.29 is 34.8 Å². The van der Waals surface area contributed by atoms with Gasteiger partial charge in [-0.05, 0) is 26.1 Å². The number of aliphatic carboxylic acids is 3. The number of aromatic amines is 1. The number of carboxylic acids is 3. The number of fused-ring (bicyclic) bond motifs is 1. The summed E-state index contributed by atoms with van der Waals surface area (Å²) in [6, 6.07) is 8.10. The van der Waals surface area contributed by atoms with E-state index in [1.807, 2.05) is 35.2 Å². The molecule has 2 aromatic heterocycles. The Morgan fingerprint density at radius 3 is 2.31 bits per heavy atom. The largest absolute Gasteiger partial charge is 0.481 e. The zero-order valence-corrected chi connectivity index (χ0v) is 19.5. The molecule has 2 heterocycles. The van der Waals surface area contributed by atoms with E-state index in [1.54, 1.807) is 0 Å². The average Bonchev–Trinajstić information content (AvgIpc) is 3.31. The van der Waals surface area contributed by atoms with E-state index in [1.165, 1.54) is 11.3 Å². The highest BCUT2D eigenvalue weighted by molar-refractivity contribution is 5.88. The van der Waals surface area contributed by atoms with Gasteiger partial charge >= 0.3 is 17.9 Å². The van der Waals surface area contributed by atoms with Crippen LogP contribution < -0.4 is 0 Å². The molecule has 12 heteroatoms. The molecule has 0 amide bonds. The van der Waals surface area contributed by atoms with Crippen molar-refractivity contribution in [3.63, 3.8) is 0 Å². The summed E-state index contributed by atoms with van der Waals surface area (Å²) in [5.41, 5.74) is 1.79. The lowest BCUT2D eigenvalue weighted by atomic mass is 9.96. The van der Waals surface area contributed by atoms with Crippen LogP contribution in [0.5, 0.6) is 0 Å². The van der Waals surface area contributed by atoms with E-state index < -0.39 is 36.4 Å². The molecule has 0 unspecified atom stereocenters. The number of allylic oxidation sites excluding steroid dienone is 1. The fraction of sp³-hybridized carbons (Fsp3) is 0.348. The number of nitrogens with zero attached hydrogens (tertiary/aromatic N) is 4. The van der Waals surface area contributed by atoms with E-state index >= 15 is 0 Å². The lowest BCUT2D eigenvalue weighted by Gasteiger charge is -2.18. The second kappa shape index (κ2) is 11.9. The zero-order valence-electron chi connectivity index (χ0n) is 19.5. The number of carboxylic acid groups (broad SMARTS) is 3. The zero-order chi connectivity index (χ0) is 26.2. The van der Waals surface area contributed by atoms with Crippen LogP contribution in [-0.4, -0.2) is 75.6 Å². The van der Waals surface area contributed by atoms with Crippen molar-refractivity contribution in [2.45, 2.75) is 45.0 Å². The van der Waals surface area contributed by atoms with Crippen LogP contribution in [0.2, 0.25) is 0 Å². The molecular weight excluding hydrogens is 458 g/mol. The first-order chi connectivity index (χ1) is 16.4. The van der Waals surface area contributed by atoms with E-state index in [0.717, 1.165) is 36.5 Å². The first-order valence-electron chi connectivity index (χ1n) is 10.6. The third-order valence-electron chi connectivity index (χ3n) is 5.09. The first kappa shape index (κ1) is 27.2. The van der Waals surface area contributed by atoms with Crippen molar-refractivity contribution in [1.29, 1.82) is 0 Å². The number of hydrogen-bond acceptors (Lipinski definition) is 7. The maximum absolute atomic E-state index is 10.3. The Balaban J connectivity index is 0.000000287. The number of aliphatic hydroxyl groups is 1. The van der Waals surface area contributed by atoms with Gasteiger partial charge in [-0.1, -0.05) is 18.2 Å². The van der Waals surface area contributed by atoms with Gasteiger partial charge in [0.15, 0.2) is 5.60 Å². The maximum atomic E-state index is 10.3. The van der Waals surface area contributed by atoms with Gasteiger partial charge in [-0.2, -0.15) is 5.10 Å². The summed E-state index contributed by atoms with van der Waals surface area (Å²) in [6.45, 7) is 8.23. The minimum atomic E-state index is -2.74. The predicted octanol–water partition coefficient (Wildman–Crippen LogP) is 1.64. The van der Waals surface area contributed by atoms with Gasteiger partial charge in [-0.15, -0.1) is 6.58 Å². The second-order valence-electron chi connectivity index (χ2n) is 8.08. The molecule has 0 spiro atoms. The van der Waals surface area contributed by atoms with Crippen LogP contribution in [0.4, 0.5) is 0 Å². The molecule has 3 rings (SSSR count). The van der Waals surface area contributed by atoms with Crippen molar-refractivity contribution in [2.75, 3.05) is 7.05 Å². The molecule has 12 nitrogen and oxygen atoms in total. The Labute approximate surface area is 201 Å². The van der Waals surface area contributed by atoms with Gasteiger partial charge in [0, 0.05) is 17.8 Å². The van der Waals surface area contributed by atoms with Gasteiger partial charge in [-0.3, -0.25) is 19.2 Å². The SMILES string of the molecule is C=CCn1ncc(CN(C)Cc2nc3ccccc3[nH]2)c1C.O=C(O)CC(O)(CC(=O)O)C(=O)O. The number of aromatic nitrogens is 4. The second-order valence-corrected chi connectivity index (χ2v) is 8.08. The summed E-state index contributed by atoms with van der Waals surface area (Å²) < 4.78 is 1.97. The Bertz CT molecular complexity index is 1150. The molecule has 0 aliphatic carbocycles. The minimum absolute atomic E-state index is 0.749. The highest BCUT2D eigenvalue weighted by atomic mass is 16.4. The standard InChI is InChI=1S/C17H21N5.C6H8O7/c1-4-9-22-13(2)14(10-18-22)11-21(3)12-17-19-15-7-5-6-8-16(15)20-17;7-3(8)1-6(13,5(11)12)2-4(9)10/h4-8,10H,1,9,11-12H2,2-3H3,(H,19,20);13H,1-2H2,(H,7,8)(H,9,10)(H,11,12). The molecule has 35 heavy (non-hydrogen) atoms. The number of nitrogens with one attached hydrogen (secondary N) is 1. The third-order valence-corrected chi connectivity index (χ3v) is 5.09. The number of para-hydroxylation sites is 2. The summed E-state index contributed by atoms with van der Waals surface area (Å²) >= 11 is 0. The molecule has 1 aromatic carbocycles. The first-order valence-corrected chi connectivity index (χ1v) is 10.6. The Morgan fingerprint density at radius 2 is 1.77 bits per heavy atom. The Hall–Kier alpha value is -4.03. The van der Waals surface area contributed by atoms with Crippen molar-refractivity contribution in [2.24, 2.45) is 0 Å². The molecule has 3 aromatic rings. The van der Waals surface area contributed by atoms with E-state index in [4.69, 9.17) is 20.4 Å². The molecule has 0 aliphatic rings. The number of rotatable bonds is 11. The molecule has 0 radical (unpaired) electrons. The number of benzene rings is 1. The van der Waals surface area contributed by atoms with Crippen LogP contribution in [0, 0.1) is 6.92 Å². The maximum Gasteiger partial charge on any atom is 0.336 e. The average molecular weight is 488 g/mol. The lowest BCUT2D eigenvalue weighted by molar-refractivity contribution is -0.170. The van der Waals surface area contributed by atoms with Crippen LogP contribution in [-0.2, 0) is 34.0 Å². The molecule has 0 saturated carbocycles. The van der Waals surface area contributed by atoms with Gasteiger partial charge in [0.05, 0.1) is 43.2 Å². The quantitative estimate of drug-likeness (QED) is 0.249. The number of carbonyl (C=O) groups is 3. The van der Waals surface area contributed by atoms with E-state index in [9.17, 15) is 14.4 Å². The molecule has 5 N–H and O–H groups in total. The minimum Gasteiger partial charge on any atom is -0.481 e. The van der Waals surface area contributed by atoms with Gasteiger partial charge < -0.3 is 25.4 Å². The molecule has 0 fully saturated rings. The van der Waals surface area contributed by atoms with Gasteiger partial charge in [0.25, 0.3) is 0 Å². The number of imidazole rings is 1. The highest BCUT2D eigenvalue weighted by Crippen LogP contribution is 2.16. The molecule has 188 valence electrons. The summed E-state index contributed by atoms with van der Waals surface area (Å²) in [5, 5.41) is 38.2. The Morgan fingerprint density at radius 1 is 1.14 bits per heavy atom. The third kappa shape index (κ3) is 7.76. The summed E-state index contributed by atoms with van der Waals surface area (Å²) in [4.78, 5) is 40.7. The van der Waals surface area contributed by atoms with E-state index in [-0.39, 0.29) is 0 Å². The predicted molar refractivity (Wildman–Crippen MR) is 126 cm³/mol. The van der Waals surface area contributed by atoms with E-state index in [0.29, 0.717) is 0 Å². The topological polar surface area (TPSA) is 182 Å². The van der Waals surface area contributed by atoms with Gasteiger partial charge in [-0.25, -0.2) is 9.78 Å². The van der Waals surface area contributed by atoms with Crippen LogP contribution in [0.1, 0.15) is 29.9 Å². The molecule has 0 bridgehead atoms. The fourth-order valence-electron chi connectivity index (χ4n) is 3.34. The van der Waals surface area contributed by atoms with Crippen molar-refractivity contribution >= 4 is 28.9 Å². The van der Waals surface area contributed by atoms with Crippen LogP contribution in [0.15, 0.2) is 43.1 Å². The van der Waals surface area contributed by atoms with Crippen LogP contribution in [0.25, 0.3) is 11.0 Å². The smallest absolute Gasteiger partial charge is 0.336 e. The molecule has 0 atom stereocenters. The van der Waals surface area contributed by atoms with Crippen molar-refractivity contribution in [3.8, 4) is 0 Å². The van der Waals surface area contributed by atoms with Crippen molar-refractivity contribution in [1.82, 2.24) is 24.6 Å². The van der Waals surface area contributed by atoms with Gasteiger partial charge in [0.1, 0.15) is 5.82 Å². The lowest BCUT2D eigenvalue weighted by Crippen LogP contribution is -2.42. The number of hydrogen-bond donors (Lipinski definition) is 5. The molecular formula is C23H29N5O7. The number of H-pyrrole nitrogens is 1. The monoisotopic (exact) mass is 487 g/mol. The summed E-state index contributed by atoms with van der Waals surface area (Å²) in [5.74, 6) is -4.03. The normalized spacial score (nSPS) is 11.2. The Kier molecular flexibility index (Phi) is 9.26. The summed E-state index contributed by atoms with van der Waals surface area (Å²) in [7, 11) is 2.09. The van der Waals surface area contributed by atoms with Gasteiger partial charge in [0.2, 0.25) is 0 Å². The molecule has 0 aliphatic heterocycles. The van der Waals surface area contributed by atoms with Crippen LogP contribution >= 0.6 is 0 Å². The highest BCUT2D eigenvalue weighted by Gasteiger charge is 2.40. The van der Waals surface area contributed by atoms with Crippen LogP contribution in [0.3, 0.4) is 0 Å². The van der Waals surface area contributed by atoms with E-state index in [2.05, 4.69) is 46.6 Å². The van der Waals surface area contributed by atoms with Crippen molar-refractivity contribution in [3.05, 3.63) is 60.2 Å². The fourth-order valence-corrected chi connectivity index (χ4v) is 3.34. The summed E-state index contributed by atoms with van der Waals surface area (Å²) in [6.07, 6.45) is 1.51. The molecule has 0 saturated heterocycles.